The standard InChI is InChI=1S/C10H9NO2.K/c1-3-7-6-8(11-2)4-5-9(7)10(12)13;/h4-6H,3H2,1H3,(H,12,13);/q;+1/p-1. The molecule has 0 unspecified atom stereocenters. The summed E-state index contributed by atoms with van der Waals surface area (Å²) in [5.41, 5.74) is 1.28. The van der Waals surface area contributed by atoms with Crippen LogP contribution in [0.2, 0.25) is 0 Å². The van der Waals surface area contributed by atoms with Crippen molar-refractivity contribution in [1.82, 2.24) is 0 Å². The average Bonchev–Trinajstić information content (AvgIpc) is 2.16. The number of carboxylic acids is 1. The molecule has 0 atom stereocenters. The first-order chi connectivity index (χ1) is 6.19. The third-order valence-electron chi connectivity index (χ3n) is 1.82. The maximum atomic E-state index is 10.6. The van der Waals surface area contributed by atoms with Gasteiger partial charge >= 0.3 is 51.4 Å². The third kappa shape index (κ3) is 3.19. The van der Waals surface area contributed by atoms with Crippen LogP contribution in [0.25, 0.3) is 4.85 Å². The first-order valence-electron chi connectivity index (χ1n) is 3.90. The van der Waals surface area contributed by atoms with Crippen LogP contribution in [0, 0.1) is 6.57 Å². The molecule has 0 radical (unpaired) electrons. The van der Waals surface area contributed by atoms with Gasteiger partial charge in [-0.1, -0.05) is 25.1 Å². The number of aryl methyl sites for hydroxylation is 1. The zero-order chi connectivity index (χ0) is 9.84. The Kier molecular flexibility index (Phi) is 6.25. The van der Waals surface area contributed by atoms with Crippen molar-refractivity contribution in [3.05, 3.63) is 40.7 Å². The number of carboxylic acid groups (broad SMARTS) is 1. The van der Waals surface area contributed by atoms with Gasteiger partial charge in [-0.15, -0.1) is 0 Å². The summed E-state index contributed by atoms with van der Waals surface area (Å²) in [4.78, 5) is 13.8. The van der Waals surface area contributed by atoms with Crippen molar-refractivity contribution in [1.29, 1.82) is 0 Å². The van der Waals surface area contributed by atoms with E-state index in [0.717, 1.165) is 0 Å². The number of hydrogen-bond acceptors (Lipinski definition) is 2. The molecule has 0 amide bonds. The molecule has 0 saturated heterocycles. The second-order valence-electron chi connectivity index (χ2n) is 2.59. The molecule has 66 valence electrons. The van der Waals surface area contributed by atoms with Crippen molar-refractivity contribution in [2.24, 2.45) is 0 Å². The van der Waals surface area contributed by atoms with Crippen molar-refractivity contribution < 1.29 is 61.3 Å². The molecule has 0 saturated carbocycles. The molecule has 0 fully saturated rings. The Labute approximate surface area is 125 Å². The molecule has 1 aromatic carbocycles. The summed E-state index contributed by atoms with van der Waals surface area (Å²) in [6.07, 6.45) is 0.590. The minimum Gasteiger partial charge on any atom is -0.545 e. The third-order valence-corrected chi connectivity index (χ3v) is 1.82. The number of hydrogen-bond donors (Lipinski definition) is 0. The minimum atomic E-state index is -1.19. The van der Waals surface area contributed by atoms with Gasteiger partial charge in [0, 0.05) is 0 Å². The first kappa shape index (κ1) is 13.8. The number of nitrogens with zero attached hydrogens (tertiary/aromatic N) is 1. The molecule has 0 aliphatic carbocycles. The molecule has 0 aromatic heterocycles. The van der Waals surface area contributed by atoms with Crippen LogP contribution in [0.5, 0.6) is 0 Å². The van der Waals surface area contributed by atoms with Gasteiger partial charge in [0.1, 0.15) is 0 Å². The Balaban J connectivity index is 0.00000169. The number of benzene rings is 1. The van der Waals surface area contributed by atoms with E-state index in [1.807, 2.05) is 6.92 Å². The molecule has 0 aliphatic heterocycles. The Bertz CT molecular complexity index is 382. The maximum Gasteiger partial charge on any atom is 1.00 e. The molecule has 3 nitrogen and oxygen atoms in total. The van der Waals surface area contributed by atoms with Gasteiger partial charge in [-0.2, -0.15) is 0 Å². The van der Waals surface area contributed by atoms with Gasteiger partial charge in [0.25, 0.3) is 0 Å². The molecule has 0 aliphatic rings. The van der Waals surface area contributed by atoms with E-state index in [-0.39, 0.29) is 56.9 Å². The Morgan fingerprint density at radius 3 is 2.64 bits per heavy atom. The number of rotatable bonds is 2. The van der Waals surface area contributed by atoms with Gasteiger partial charge in [-0.25, -0.2) is 4.85 Å². The van der Waals surface area contributed by atoms with Crippen LogP contribution in [-0.4, -0.2) is 5.97 Å². The van der Waals surface area contributed by atoms with Crippen molar-refractivity contribution >= 4 is 11.7 Å². The zero-order valence-corrected chi connectivity index (χ0v) is 11.3. The van der Waals surface area contributed by atoms with E-state index in [9.17, 15) is 9.90 Å². The van der Waals surface area contributed by atoms with Gasteiger partial charge in [0.05, 0.1) is 12.5 Å². The summed E-state index contributed by atoms with van der Waals surface area (Å²) in [6.45, 7) is 8.60. The van der Waals surface area contributed by atoms with E-state index in [1.54, 1.807) is 6.07 Å². The summed E-state index contributed by atoms with van der Waals surface area (Å²) >= 11 is 0. The van der Waals surface area contributed by atoms with Crippen LogP contribution < -0.4 is 56.5 Å². The van der Waals surface area contributed by atoms with Crippen molar-refractivity contribution in [3.8, 4) is 0 Å². The maximum absolute atomic E-state index is 10.6. The van der Waals surface area contributed by atoms with Crippen LogP contribution in [0.4, 0.5) is 5.69 Å². The van der Waals surface area contributed by atoms with E-state index < -0.39 is 5.97 Å². The predicted molar refractivity (Wildman–Crippen MR) is 46.4 cm³/mol. The summed E-state index contributed by atoms with van der Waals surface area (Å²) in [5, 5.41) is 10.6. The summed E-state index contributed by atoms with van der Waals surface area (Å²) in [5.74, 6) is -1.19. The minimum absolute atomic E-state index is 0. The van der Waals surface area contributed by atoms with Crippen molar-refractivity contribution in [3.63, 3.8) is 0 Å². The molecule has 4 heteroatoms. The van der Waals surface area contributed by atoms with Gasteiger partial charge in [-0.05, 0) is 17.5 Å². The van der Waals surface area contributed by atoms with E-state index in [2.05, 4.69) is 4.85 Å². The molecular formula is C10H8KNO2. The van der Waals surface area contributed by atoms with E-state index >= 15 is 0 Å². The molecular weight excluding hydrogens is 205 g/mol. The van der Waals surface area contributed by atoms with Gasteiger partial charge in [0.2, 0.25) is 0 Å². The Hall–Kier alpha value is -0.184. The van der Waals surface area contributed by atoms with Crippen LogP contribution in [-0.2, 0) is 6.42 Å². The van der Waals surface area contributed by atoms with Crippen molar-refractivity contribution in [2.45, 2.75) is 13.3 Å². The normalized spacial score (nSPS) is 8.57. The number of aromatic carboxylic acids is 1. The van der Waals surface area contributed by atoms with Gasteiger partial charge in [-0.3, -0.25) is 0 Å². The number of carbonyl (C=O) groups is 1. The largest absolute Gasteiger partial charge is 1.00 e. The Morgan fingerprint density at radius 1 is 1.57 bits per heavy atom. The molecule has 1 rings (SSSR count). The summed E-state index contributed by atoms with van der Waals surface area (Å²) in [6, 6.07) is 4.48. The fraction of sp³-hybridized carbons (Fsp3) is 0.200. The first-order valence-corrected chi connectivity index (χ1v) is 3.90. The molecule has 0 spiro atoms. The molecule has 14 heavy (non-hydrogen) atoms. The van der Waals surface area contributed by atoms with E-state index in [4.69, 9.17) is 6.57 Å². The average molecular weight is 213 g/mol. The smallest absolute Gasteiger partial charge is 0.545 e. The summed E-state index contributed by atoms with van der Waals surface area (Å²) < 4.78 is 0. The quantitative estimate of drug-likeness (QED) is 0.428. The van der Waals surface area contributed by atoms with Gasteiger partial charge in [0.15, 0.2) is 5.69 Å². The van der Waals surface area contributed by atoms with E-state index in [1.165, 1.54) is 12.1 Å². The fourth-order valence-electron chi connectivity index (χ4n) is 1.14. The Morgan fingerprint density at radius 2 is 2.21 bits per heavy atom. The molecule has 1 aromatic rings. The SMILES string of the molecule is [C-]#[N+]c1ccc(C(=O)[O-])c(CC)c1.[K+]. The summed E-state index contributed by atoms with van der Waals surface area (Å²) in [7, 11) is 0. The van der Waals surface area contributed by atoms with Crippen LogP contribution in [0.1, 0.15) is 22.8 Å². The topological polar surface area (TPSA) is 44.5 Å². The number of carbonyl (C=O) groups excluding carboxylic acids is 1. The van der Waals surface area contributed by atoms with Crippen LogP contribution in [0.3, 0.4) is 0 Å². The second kappa shape index (κ2) is 6.33. The second-order valence-corrected chi connectivity index (χ2v) is 2.59. The fourth-order valence-corrected chi connectivity index (χ4v) is 1.14. The monoisotopic (exact) mass is 213 g/mol. The van der Waals surface area contributed by atoms with Crippen LogP contribution >= 0.6 is 0 Å². The predicted octanol–water partition coefficient (Wildman–Crippen LogP) is -1.83. The molecule has 0 heterocycles. The zero-order valence-electron chi connectivity index (χ0n) is 8.20. The van der Waals surface area contributed by atoms with E-state index in [0.29, 0.717) is 17.7 Å². The van der Waals surface area contributed by atoms with Gasteiger partial charge < -0.3 is 9.90 Å². The van der Waals surface area contributed by atoms with Crippen molar-refractivity contribution in [2.75, 3.05) is 0 Å². The van der Waals surface area contributed by atoms with Crippen LogP contribution in [0.15, 0.2) is 18.2 Å². The molecule has 0 bridgehead atoms. The molecule has 0 N–H and O–H groups in total.